The van der Waals surface area contributed by atoms with Crippen molar-refractivity contribution in [1.82, 2.24) is 0 Å². The van der Waals surface area contributed by atoms with Crippen LogP contribution in [0, 0.1) is 0 Å². The highest BCUT2D eigenvalue weighted by Crippen LogP contribution is 2.44. The zero-order valence-electron chi connectivity index (χ0n) is 10.5. The lowest BCUT2D eigenvalue weighted by Crippen LogP contribution is -1.89. The van der Waals surface area contributed by atoms with Gasteiger partial charge < -0.3 is 0 Å². The molecule has 0 radical (unpaired) electrons. The van der Waals surface area contributed by atoms with E-state index in [1.165, 1.54) is 11.1 Å². The molecule has 0 atom stereocenters. The van der Waals surface area contributed by atoms with Gasteiger partial charge in [0, 0.05) is 5.56 Å². The number of benzene rings is 2. The first kappa shape index (κ1) is 10.9. The van der Waals surface area contributed by atoms with Gasteiger partial charge in [0.15, 0.2) is 0 Å². The fourth-order valence-electron chi connectivity index (χ4n) is 2.27. The molecule has 0 spiro atoms. The molecule has 2 heteroatoms. The summed E-state index contributed by atoms with van der Waals surface area (Å²) in [5.41, 5.74) is 5.47. The molecule has 0 aliphatic carbocycles. The highest BCUT2D eigenvalue weighted by atomic mass is 14.9. The summed E-state index contributed by atoms with van der Waals surface area (Å²) < 4.78 is 0. The van der Waals surface area contributed by atoms with Crippen LogP contribution in [0.4, 0.5) is 11.4 Å². The Hall–Kier alpha value is -2.18. The van der Waals surface area contributed by atoms with Crippen molar-refractivity contribution in [2.24, 2.45) is 9.98 Å². The summed E-state index contributed by atoms with van der Waals surface area (Å²) in [5.74, 6) is 0.447. The second kappa shape index (κ2) is 4.25. The summed E-state index contributed by atoms with van der Waals surface area (Å²) in [4.78, 5) is 8.59. The van der Waals surface area contributed by atoms with Gasteiger partial charge in [-0.1, -0.05) is 56.3 Å². The molecule has 88 valence electrons. The Morgan fingerprint density at radius 3 is 2.33 bits per heavy atom. The van der Waals surface area contributed by atoms with Crippen LogP contribution in [0.2, 0.25) is 0 Å². The maximum Gasteiger partial charge on any atom is 0.109 e. The quantitative estimate of drug-likeness (QED) is 0.600. The van der Waals surface area contributed by atoms with Gasteiger partial charge >= 0.3 is 0 Å². The van der Waals surface area contributed by atoms with E-state index >= 15 is 0 Å². The molecular formula is C16H14N2. The molecule has 0 saturated carbocycles. The van der Waals surface area contributed by atoms with Gasteiger partial charge in [-0.05, 0) is 17.0 Å². The zero-order chi connectivity index (χ0) is 12.5. The Balaban J connectivity index is 2.21. The third kappa shape index (κ3) is 1.68. The molecule has 18 heavy (non-hydrogen) atoms. The fourth-order valence-corrected chi connectivity index (χ4v) is 2.27. The smallest absolute Gasteiger partial charge is 0.109 e. The maximum absolute atomic E-state index is 4.30. The van der Waals surface area contributed by atoms with Crippen LogP contribution in [0.1, 0.15) is 25.3 Å². The lowest BCUT2D eigenvalue weighted by Gasteiger charge is -2.12. The summed E-state index contributed by atoms with van der Waals surface area (Å²) in [6.45, 7) is 4.34. The number of aliphatic imine (C=N–C) groups is 2. The van der Waals surface area contributed by atoms with Crippen molar-refractivity contribution in [2.45, 2.75) is 19.8 Å². The van der Waals surface area contributed by atoms with Gasteiger partial charge in [0.25, 0.3) is 0 Å². The van der Waals surface area contributed by atoms with E-state index in [2.05, 4.69) is 54.1 Å². The Morgan fingerprint density at radius 1 is 0.889 bits per heavy atom. The molecule has 0 fully saturated rings. The van der Waals surface area contributed by atoms with Gasteiger partial charge in [0.05, 0.1) is 0 Å². The number of nitrogens with zero attached hydrogens (tertiary/aromatic N) is 2. The van der Waals surface area contributed by atoms with Crippen molar-refractivity contribution in [3.8, 4) is 11.1 Å². The van der Waals surface area contributed by atoms with Crippen LogP contribution in [0.5, 0.6) is 0 Å². The third-order valence-electron chi connectivity index (χ3n) is 3.21. The second-order valence-electron chi connectivity index (χ2n) is 4.74. The van der Waals surface area contributed by atoms with Gasteiger partial charge in [0.1, 0.15) is 17.4 Å². The normalized spacial score (nSPS) is 12.2. The Kier molecular flexibility index (Phi) is 2.58. The van der Waals surface area contributed by atoms with E-state index in [0.29, 0.717) is 5.92 Å². The number of hydrogen-bond acceptors (Lipinski definition) is 2. The summed E-state index contributed by atoms with van der Waals surface area (Å²) in [7, 11) is 0. The van der Waals surface area contributed by atoms with E-state index < -0.39 is 0 Å². The molecule has 3 rings (SSSR count). The standard InChI is InChI=1S/C16H14N2/c1-11(2)13-8-9-14(12-6-4-3-5-7-12)16-15(13)17-10-18-16/h3-9,11H,1-2H3. The predicted molar refractivity (Wildman–Crippen MR) is 75.2 cm³/mol. The zero-order valence-corrected chi connectivity index (χ0v) is 10.5. The van der Waals surface area contributed by atoms with E-state index in [1.54, 1.807) is 0 Å². The average molecular weight is 234 g/mol. The van der Waals surface area contributed by atoms with Crippen molar-refractivity contribution in [3.63, 3.8) is 0 Å². The van der Waals surface area contributed by atoms with Gasteiger partial charge in [-0.15, -0.1) is 0 Å². The van der Waals surface area contributed by atoms with E-state index in [-0.39, 0.29) is 0 Å². The van der Waals surface area contributed by atoms with Crippen LogP contribution in [-0.2, 0) is 0 Å². The number of rotatable bonds is 2. The lowest BCUT2D eigenvalue weighted by molar-refractivity contribution is 0.868. The summed E-state index contributed by atoms with van der Waals surface area (Å²) in [5, 5.41) is 0. The van der Waals surface area contributed by atoms with Crippen molar-refractivity contribution in [1.29, 1.82) is 0 Å². The topological polar surface area (TPSA) is 24.7 Å². The Labute approximate surface area is 107 Å². The van der Waals surface area contributed by atoms with Crippen LogP contribution in [0.25, 0.3) is 11.1 Å². The predicted octanol–water partition coefficient (Wildman–Crippen LogP) is 4.93. The summed E-state index contributed by atoms with van der Waals surface area (Å²) in [6, 6.07) is 17.3. The van der Waals surface area contributed by atoms with Crippen LogP contribution < -0.4 is 0 Å². The molecule has 0 amide bonds. The first-order valence-electron chi connectivity index (χ1n) is 6.16. The van der Waals surface area contributed by atoms with E-state index in [9.17, 15) is 0 Å². The molecule has 1 aliphatic rings. The SMILES string of the molecule is CC(C)c1ccc(-c2ccccc2)c2c1N=C=N2. The van der Waals surface area contributed by atoms with Crippen LogP contribution in [0.15, 0.2) is 52.4 Å². The average Bonchev–Trinajstić information content (AvgIpc) is 2.87. The van der Waals surface area contributed by atoms with E-state index in [1.807, 2.05) is 18.2 Å². The highest BCUT2D eigenvalue weighted by Gasteiger charge is 2.17. The first-order chi connectivity index (χ1) is 8.77. The molecule has 0 aromatic heterocycles. The van der Waals surface area contributed by atoms with Crippen molar-refractivity contribution >= 4 is 17.4 Å². The minimum absolute atomic E-state index is 0.447. The number of fused-ring (bicyclic) bond motifs is 1. The monoisotopic (exact) mass is 234 g/mol. The second-order valence-corrected chi connectivity index (χ2v) is 4.74. The Bertz CT molecular complexity index is 648. The molecule has 1 aliphatic heterocycles. The van der Waals surface area contributed by atoms with Gasteiger partial charge in [-0.3, -0.25) is 0 Å². The van der Waals surface area contributed by atoms with Crippen LogP contribution in [-0.4, -0.2) is 6.01 Å². The molecular weight excluding hydrogens is 220 g/mol. The largest absolute Gasteiger partial charge is 0.185 e. The minimum atomic E-state index is 0.447. The van der Waals surface area contributed by atoms with E-state index in [4.69, 9.17) is 0 Å². The van der Waals surface area contributed by atoms with Crippen LogP contribution >= 0.6 is 0 Å². The van der Waals surface area contributed by atoms with Gasteiger partial charge in [-0.25, -0.2) is 0 Å². The van der Waals surface area contributed by atoms with Crippen molar-refractivity contribution in [2.75, 3.05) is 0 Å². The molecule has 2 aromatic carbocycles. The third-order valence-corrected chi connectivity index (χ3v) is 3.21. The fraction of sp³-hybridized carbons (Fsp3) is 0.188. The molecule has 0 saturated heterocycles. The molecule has 0 bridgehead atoms. The highest BCUT2D eigenvalue weighted by molar-refractivity contribution is 5.90. The molecule has 2 nitrogen and oxygen atoms in total. The molecule has 2 aromatic rings. The van der Waals surface area contributed by atoms with E-state index in [0.717, 1.165) is 16.9 Å². The Morgan fingerprint density at radius 2 is 1.61 bits per heavy atom. The van der Waals surface area contributed by atoms with Gasteiger partial charge in [0.2, 0.25) is 0 Å². The van der Waals surface area contributed by atoms with Gasteiger partial charge in [-0.2, -0.15) is 9.98 Å². The minimum Gasteiger partial charge on any atom is -0.185 e. The first-order valence-corrected chi connectivity index (χ1v) is 6.16. The number of hydrogen-bond donors (Lipinski definition) is 0. The molecule has 0 unspecified atom stereocenters. The lowest BCUT2D eigenvalue weighted by atomic mass is 9.95. The maximum atomic E-state index is 4.30. The molecule has 1 heterocycles. The molecule has 0 N–H and O–H groups in total. The van der Waals surface area contributed by atoms with Crippen LogP contribution in [0.3, 0.4) is 0 Å². The summed E-state index contributed by atoms with van der Waals surface area (Å²) >= 11 is 0. The van der Waals surface area contributed by atoms with Crippen molar-refractivity contribution in [3.05, 3.63) is 48.0 Å². The van der Waals surface area contributed by atoms with Crippen molar-refractivity contribution < 1.29 is 0 Å². The summed E-state index contributed by atoms with van der Waals surface area (Å²) in [6.07, 6.45) is 0.